The second-order valence-corrected chi connectivity index (χ2v) is 4.35. The van der Waals surface area contributed by atoms with E-state index in [1.54, 1.807) is 0 Å². The molecule has 80 valence electrons. The summed E-state index contributed by atoms with van der Waals surface area (Å²) in [5, 5.41) is 0. The van der Waals surface area contributed by atoms with Gasteiger partial charge in [-0.15, -0.1) is 0 Å². The van der Waals surface area contributed by atoms with Crippen LogP contribution in [0.25, 0.3) is 0 Å². The monoisotopic (exact) mass is 185 g/mol. The molecule has 1 nitrogen and oxygen atoms in total. The Labute approximate surface area is 84.1 Å². The zero-order valence-electron chi connectivity index (χ0n) is 9.68. The normalized spacial score (nSPS) is 15.7. The van der Waals surface area contributed by atoms with Gasteiger partial charge in [-0.05, 0) is 24.8 Å². The van der Waals surface area contributed by atoms with Crippen molar-refractivity contribution in [1.29, 1.82) is 0 Å². The minimum atomic E-state index is 0.761. The molecule has 0 aromatic rings. The smallest absolute Gasteiger partial charge is 0.00489 e. The average molecular weight is 185 g/mol. The van der Waals surface area contributed by atoms with E-state index >= 15 is 0 Å². The van der Waals surface area contributed by atoms with Gasteiger partial charge < -0.3 is 5.73 Å². The number of nitrogens with two attached hydrogens (primary N) is 1. The molecular weight excluding hydrogens is 158 g/mol. The first-order chi connectivity index (χ1) is 6.24. The van der Waals surface area contributed by atoms with Gasteiger partial charge in [0.25, 0.3) is 0 Å². The quantitative estimate of drug-likeness (QED) is 0.575. The van der Waals surface area contributed by atoms with E-state index in [0.717, 1.165) is 18.4 Å². The van der Waals surface area contributed by atoms with Gasteiger partial charge in [-0.1, -0.05) is 52.9 Å². The van der Waals surface area contributed by atoms with Gasteiger partial charge in [0.2, 0.25) is 0 Å². The molecule has 2 atom stereocenters. The van der Waals surface area contributed by atoms with Crippen LogP contribution in [0.5, 0.6) is 0 Å². The van der Waals surface area contributed by atoms with Crippen LogP contribution in [0.1, 0.15) is 59.3 Å². The third-order valence-corrected chi connectivity index (χ3v) is 2.95. The summed E-state index contributed by atoms with van der Waals surface area (Å²) in [6.07, 6.45) is 8.10. The van der Waals surface area contributed by atoms with E-state index in [-0.39, 0.29) is 0 Å². The predicted octanol–water partition coefficient (Wildman–Crippen LogP) is 3.58. The van der Waals surface area contributed by atoms with Crippen molar-refractivity contribution in [3.05, 3.63) is 0 Å². The van der Waals surface area contributed by atoms with Crippen molar-refractivity contribution >= 4 is 0 Å². The van der Waals surface area contributed by atoms with Crippen molar-refractivity contribution in [3.63, 3.8) is 0 Å². The van der Waals surface area contributed by atoms with Crippen molar-refractivity contribution in [2.45, 2.75) is 59.3 Å². The summed E-state index contributed by atoms with van der Waals surface area (Å²) in [7, 11) is 0. The standard InChI is InChI=1S/C12H27N/c1-4-6-7-8-11(3)9-12(5-2)10-13/h11-12H,4-10,13H2,1-3H3. The number of hydrogen-bond acceptors (Lipinski definition) is 1. The highest BCUT2D eigenvalue weighted by atomic mass is 14.5. The van der Waals surface area contributed by atoms with Crippen molar-refractivity contribution in [3.8, 4) is 0 Å². The van der Waals surface area contributed by atoms with Gasteiger partial charge in [0.1, 0.15) is 0 Å². The molecular formula is C12H27N. The minimum absolute atomic E-state index is 0.761. The summed E-state index contributed by atoms with van der Waals surface area (Å²) in [4.78, 5) is 0. The molecule has 0 saturated carbocycles. The molecule has 0 fully saturated rings. The fraction of sp³-hybridized carbons (Fsp3) is 1.00. The third kappa shape index (κ3) is 7.06. The van der Waals surface area contributed by atoms with Gasteiger partial charge in [-0.25, -0.2) is 0 Å². The Morgan fingerprint density at radius 1 is 1.15 bits per heavy atom. The molecule has 0 spiro atoms. The molecule has 0 amide bonds. The maximum absolute atomic E-state index is 5.69. The van der Waals surface area contributed by atoms with Gasteiger partial charge in [0.05, 0.1) is 0 Å². The highest BCUT2D eigenvalue weighted by molar-refractivity contribution is 4.63. The lowest BCUT2D eigenvalue weighted by molar-refractivity contribution is 0.362. The molecule has 0 aliphatic carbocycles. The zero-order chi connectivity index (χ0) is 10.1. The van der Waals surface area contributed by atoms with Gasteiger partial charge in [0, 0.05) is 0 Å². The number of hydrogen-bond donors (Lipinski definition) is 1. The summed E-state index contributed by atoms with van der Waals surface area (Å²) in [6.45, 7) is 7.75. The van der Waals surface area contributed by atoms with Crippen molar-refractivity contribution in [2.75, 3.05) is 6.54 Å². The molecule has 0 aromatic heterocycles. The van der Waals surface area contributed by atoms with Crippen LogP contribution in [0.3, 0.4) is 0 Å². The van der Waals surface area contributed by atoms with E-state index in [0.29, 0.717) is 0 Å². The van der Waals surface area contributed by atoms with Crippen molar-refractivity contribution in [2.24, 2.45) is 17.6 Å². The predicted molar refractivity (Wildman–Crippen MR) is 60.8 cm³/mol. The molecule has 0 heterocycles. The highest BCUT2D eigenvalue weighted by Gasteiger charge is 2.09. The molecule has 0 rings (SSSR count). The average Bonchev–Trinajstić information content (AvgIpc) is 2.14. The fourth-order valence-electron chi connectivity index (χ4n) is 1.86. The van der Waals surface area contributed by atoms with E-state index in [2.05, 4.69) is 20.8 Å². The largest absolute Gasteiger partial charge is 0.330 e. The molecule has 0 radical (unpaired) electrons. The Bertz CT molecular complexity index is 97.3. The fourth-order valence-corrected chi connectivity index (χ4v) is 1.86. The lowest BCUT2D eigenvalue weighted by atomic mass is 9.90. The van der Waals surface area contributed by atoms with Crippen LogP contribution in [0, 0.1) is 11.8 Å². The molecule has 0 aromatic carbocycles. The maximum Gasteiger partial charge on any atom is -0.00489 e. The summed E-state index contributed by atoms with van der Waals surface area (Å²) in [5.74, 6) is 1.64. The van der Waals surface area contributed by atoms with Crippen LogP contribution in [-0.2, 0) is 0 Å². The Hall–Kier alpha value is -0.0400. The highest BCUT2D eigenvalue weighted by Crippen LogP contribution is 2.19. The van der Waals surface area contributed by atoms with Gasteiger partial charge in [0.15, 0.2) is 0 Å². The number of rotatable bonds is 8. The Morgan fingerprint density at radius 3 is 2.31 bits per heavy atom. The van der Waals surface area contributed by atoms with Crippen LogP contribution >= 0.6 is 0 Å². The second kappa shape index (κ2) is 8.55. The van der Waals surface area contributed by atoms with Crippen LogP contribution in [0.15, 0.2) is 0 Å². The van der Waals surface area contributed by atoms with Crippen molar-refractivity contribution < 1.29 is 0 Å². The van der Waals surface area contributed by atoms with E-state index < -0.39 is 0 Å². The third-order valence-electron chi connectivity index (χ3n) is 2.95. The van der Waals surface area contributed by atoms with Crippen molar-refractivity contribution in [1.82, 2.24) is 0 Å². The van der Waals surface area contributed by atoms with Gasteiger partial charge in [-0.3, -0.25) is 0 Å². The van der Waals surface area contributed by atoms with E-state index in [4.69, 9.17) is 5.73 Å². The summed E-state index contributed by atoms with van der Waals surface area (Å²) < 4.78 is 0. The lowest BCUT2D eigenvalue weighted by Crippen LogP contribution is -2.16. The molecule has 2 unspecified atom stereocenters. The van der Waals surface area contributed by atoms with Crippen LogP contribution in [-0.4, -0.2) is 6.54 Å². The second-order valence-electron chi connectivity index (χ2n) is 4.35. The van der Waals surface area contributed by atoms with E-state index in [9.17, 15) is 0 Å². The minimum Gasteiger partial charge on any atom is -0.330 e. The topological polar surface area (TPSA) is 26.0 Å². The lowest BCUT2D eigenvalue weighted by Gasteiger charge is -2.17. The van der Waals surface area contributed by atoms with Crippen LogP contribution in [0.4, 0.5) is 0 Å². The van der Waals surface area contributed by atoms with Crippen LogP contribution < -0.4 is 5.73 Å². The number of unbranched alkanes of at least 4 members (excludes halogenated alkanes) is 2. The molecule has 13 heavy (non-hydrogen) atoms. The molecule has 2 N–H and O–H groups in total. The summed E-state index contributed by atoms with van der Waals surface area (Å²) in [6, 6.07) is 0. The SMILES string of the molecule is CCCCCC(C)CC(CC)CN. The molecule has 0 aliphatic heterocycles. The summed E-state index contributed by atoms with van der Waals surface area (Å²) in [5.41, 5.74) is 5.69. The van der Waals surface area contributed by atoms with Gasteiger partial charge >= 0.3 is 0 Å². The molecule has 0 saturated heterocycles. The first-order valence-electron chi connectivity index (χ1n) is 5.94. The van der Waals surface area contributed by atoms with E-state index in [1.165, 1.54) is 38.5 Å². The molecule has 0 aliphatic rings. The Balaban J connectivity index is 3.42. The molecule has 0 bridgehead atoms. The van der Waals surface area contributed by atoms with Gasteiger partial charge in [-0.2, -0.15) is 0 Å². The Morgan fingerprint density at radius 2 is 1.85 bits per heavy atom. The van der Waals surface area contributed by atoms with E-state index in [1.807, 2.05) is 0 Å². The van der Waals surface area contributed by atoms with Crippen LogP contribution in [0.2, 0.25) is 0 Å². The zero-order valence-corrected chi connectivity index (χ0v) is 9.68. The molecule has 1 heteroatoms. The summed E-state index contributed by atoms with van der Waals surface area (Å²) >= 11 is 0. The first-order valence-corrected chi connectivity index (χ1v) is 5.94. The first kappa shape index (κ1) is 13.0. The maximum atomic E-state index is 5.69. The Kier molecular flexibility index (Phi) is 8.53.